The van der Waals surface area contributed by atoms with E-state index in [-0.39, 0.29) is 17.7 Å². The Morgan fingerprint density at radius 1 is 1.29 bits per heavy atom. The first-order valence-electron chi connectivity index (χ1n) is 9.93. The lowest BCUT2D eigenvalue weighted by Gasteiger charge is -2.36. The zero-order chi connectivity index (χ0) is 19.5. The van der Waals surface area contributed by atoms with Gasteiger partial charge in [0.15, 0.2) is 11.5 Å². The van der Waals surface area contributed by atoms with Crippen molar-refractivity contribution in [1.82, 2.24) is 14.8 Å². The van der Waals surface area contributed by atoms with Gasteiger partial charge in [-0.05, 0) is 30.5 Å². The fourth-order valence-corrected chi connectivity index (χ4v) is 3.97. The van der Waals surface area contributed by atoms with Crippen molar-refractivity contribution in [3.05, 3.63) is 41.9 Å². The molecule has 1 aromatic carbocycles. The predicted molar refractivity (Wildman–Crippen MR) is 106 cm³/mol. The maximum atomic E-state index is 12.8. The molecule has 1 N–H and O–H groups in total. The van der Waals surface area contributed by atoms with Gasteiger partial charge in [0, 0.05) is 12.1 Å². The number of hydrogen-bond acceptors (Lipinski definition) is 6. The van der Waals surface area contributed by atoms with Gasteiger partial charge in [-0.3, -0.25) is 4.79 Å². The molecule has 7 heteroatoms. The Bertz CT molecular complexity index is 890. The van der Waals surface area contributed by atoms with Crippen molar-refractivity contribution in [2.45, 2.75) is 45.1 Å². The molecule has 1 aromatic heterocycles. The van der Waals surface area contributed by atoms with Crippen molar-refractivity contribution in [2.75, 3.05) is 19.0 Å². The molecule has 148 valence electrons. The van der Waals surface area contributed by atoms with Gasteiger partial charge in [0.1, 0.15) is 12.1 Å². The molecule has 0 saturated heterocycles. The standard InChI is InChI=1S/C21H26N4O3/c1-3-4-5-11-28-17-10-9-14(12-18(17)27-2)20-19-15(7-6-8-16(19)26)24-21-22-13-23-25(20)21/h7,9-10,12-13,19-20H,3-6,8,11H2,1-2H3,(H,22,23,24)/t19-,20-/m1/s1. The highest BCUT2D eigenvalue weighted by Crippen LogP contribution is 2.42. The average molecular weight is 382 g/mol. The number of methoxy groups -OCH3 is 1. The number of anilines is 1. The number of benzene rings is 1. The van der Waals surface area contributed by atoms with Gasteiger partial charge in [-0.25, -0.2) is 4.68 Å². The van der Waals surface area contributed by atoms with E-state index in [2.05, 4.69) is 28.4 Å². The van der Waals surface area contributed by atoms with Gasteiger partial charge in [-0.1, -0.05) is 31.9 Å². The Balaban J connectivity index is 1.68. The molecule has 0 bridgehead atoms. The Morgan fingerprint density at radius 2 is 2.18 bits per heavy atom. The molecule has 7 nitrogen and oxygen atoms in total. The molecule has 0 radical (unpaired) electrons. The van der Waals surface area contributed by atoms with E-state index in [1.807, 2.05) is 18.2 Å². The molecule has 0 saturated carbocycles. The van der Waals surface area contributed by atoms with Crippen LogP contribution in [-0.4, -0.2) is 34.3 Å². The smallest absolute Gasteiger partial charge is 0.226 e. The Morgan fingerprint density at radius 3 is 3.00 bits per heavy atom. The predicted octanol–water partition coefficient (Wildman–Crippen LogP) is 3.73. The normalized spacial score (nSPS) is 20.6. The van der Waals surface area contributed by atoms with Crippen LogP contribution in [0, 0.1) is 5.92 Å². The third-order valence-corrected chi connectivity index (χ3v) is 5.38. The van der Waals surface area contributed by atoms with E-state index in [1.54, 1.807) is 11.8 Å². The molecule has 2 atom stereocenters. The summed E-state index contributed by atoms with van der Waals surface area (Å²) in [7, 11) is 1.64. The number of aromatic nitrogens is 3. The lowest BCUT2D eigenvalue weighted by Crippen LogP contribution is -2.38. The van der Waals surface area contributed by atoms with Crippen molar-refractivity contribution in [1.29, 1.82) is 0 Å². The van der Waals surface area contributed by atoms with E-state index in [0.29, 0.717) is 24.7 Å². The van der Waals surface area contributed by atoms with Crippen LogP contribution in [0.25, 0.3) is 0 Å². The summed E-state index contributed by atoms with van der Waals surface area (Å²) in [6, 6.07) is 5.63. The van der Waals surface area contributed by atoms with Crippen LogP contribution in [0.2, 0.25) is 0 Å². The highest BCUT2D eigenvalue weighted by molar-refractivity contribution is 5.87. The number of ketones is 1. The van der Waals surface area contributed by atoms with Gasteiger partial charge in [0.25, 0.3) is 0 Å². The van der Waals surface area contributed by atoms with Crippen molar-refractivity contribution in [3.63, 3.8) is 0 Å². The monoisotopic (exact) mass is 382 g/mol. The molecular formula is C21H26N4O3. The number of unbranched alkanes of at least 4 members (excludes halogenated alkanes) is 2. The number of allylic oxidation sites excluding steroid dienone is 2. The minimum Gasteiger partial charge on any atom is -0.493 e. The number of fused-ring (bicyclic) bond motifs is 2. The van der Waals surface area contributed by atoms with Crippen molar-refractivity contribution < 1.29 is 14.3 Å². The second-order valence-corrected chi connectivity index (χ2v) is 7.21. The van der Waals surface area contributed by atoms with E-state index >= 15 is 0 Å². The van der Waals surface area contributed by atoms with Gasteiger partial charge in [0.2, 0.25) is 5.95 Å². The molecule has 4 rings (SSSR count). The molecule has 2 aliphatic rings. The van der Waals surface area contributed by atoms with Crippen LogP contribution in [-0.2, 0) is 4.79 Å². The van der Waals surface area contributed by atoms with Gasteiger partial charge < -0.3 is 14.8 Å². The van der Waals surface area contributed by atoms with Crippen LogP contribution in [0.1, 0.15) is 50.6 Å². The molecule has 1 aliphatic carbocycles. The molecular weight excluding hydrogens is 356 g/mol. The summed E-state index contributed by atoms with van der Waals surface area (Å²) in [5, 5.41) is 7.64. The van der Waals surface area contributed by atoms with Crippen LogP contribution < -0.4 is 14.8 Å². The third kappa shape index (κ3) is 3.37. The number of nitrogens with one attached hydrogen (secondary N) is 1. The molecule has 0 unspecified atom stereocenters. The summed E-state index contributed by atoms with van der Waals surface area (Å²) < 4.78 is 13.3. The SMILES string of the molecule is CCCCCOc1ccc([C@@H]2[C@H]3C(=O)CCC=C3Nc3ncnn32)cc1OC. The zero-order valence-electron chi connectivity index (χ0n) is 16.4. The fraction of sp³-hybridized carbons (Fsp3) is 0.476. The van der Waals surface area contributed by atoms with Crippen molar-refractivity contribution in [2.24, 2.45) is 5.92 Å². The minimum absolute atomic E-state index is 0.218. The quantitative estimate of drug-likeness (QED) is 0.735. The van der Waals surface area contributed by atoms with Crippen LogP contribution in [0.4, 0.5) is 5.95 Å². The highest BCUT2D eigenvalue weighted by atomic mass is 16.5. The maximum absolute atomic E-state index is 12.8. The Kier molecular flexibility index (Phi) is 5.32. The van der Waals surface area contributed by atoms with E-state index in [0.717, 1.165) is 42.7 Å². The molecule has 0 spiro atoms. The van der Waals surface area contributed by atoms with Crippen LogP contribution in [0.3, 0.4) is 0 Å². The van der Waals surface area contributed by atoms with Crippen LogP contribution >= 0.6 is 0 Å². The summed E-state index contributed by atoms with van der Waals surface area (Å²) >= 11 is 0. The van der Waals surface area contributed by atoms with Crippen molar-refractivity contribution >= 4 is 11.7 Å². The van der Waals surface area contributed by atoms with E-state index in [9.17, 15) is 4.79 Å². The summed E-state index contributed by atoms with van der Waals surface area (Å²) in [4.78, 5) is 17.1. The summed E-state index contributed by atoms with van der Waals surface area (Å²) in [5.74, 6) is 1.98. The van der Waals surface area contributed by atoms with E-state index in [4.69, 9.17) is 9.47 Å². The lowest BCUT2D eigenvalue weighted by molar-refractivity contribution is -0.123. The number of ether oxygens (including phenoxy) is 2. The first-order valence-corrected chi connectivity index (χ1v) is 9.93. The second kappa shape index (κ2) is 8.04. The fourth-order valence-electron chi connectivity index (χ4n) is 3.97. The second-order valence-electron chi connectivity index (χ2n) is 7.21. The Hall–Kier alpha value is -2.83. The molecule has 0 amide bonds. The van der Waals surface area contributed by atoms with Crippen LogP contribution in [0.15, 0.2) is 36.3 Å². The topological polar surface area (TPSA) is 78.3 Å². The highest BCUT2D eigenvalue weighted by Gasteiger charge is 2.41. The average Bonchev–Trinajstić information content (AvgIpc) is 3.18. The minimum atomic E-state index is -0.288. The van der Waals surface area contributed by atoms with E-state index in [1.165, 1.54) is 6.33 Å². The van der Waals surface area contributed by atoms with Gasteiger partial charge in [-0.15, -0.1) is 0 Å². The molecule has 28 heavy (non-hydrogen) atoms. The largest absolute Gasteiger partial charge is 0.493 e. The van der Waals surface area contributed by atoms with E-state index < -0.39 is 0 Å². The number of nitrogens with zero attached hydrogens (tertiary/aromatic N) is 3. The number of hydrogen-bond donors (Lipinski definition) is 1. The number of carbonyl (C=O) groups is 1. The van der Waals surface area contributed by atoms with Crippen molar-refractivity contribution in [3.8, 4) is 11.5 Å². The number of rotatable bonds is 7. The summed E-state index contributed by atoms with van der Waals surface area (Å²) in [6.07, 6.45) is 8.23. The van der Waals surface area contributed by atoms with Gasteiger partial charge in [-0.2, -0.15) is 10.1 Å². The Labute approximate surface area is 164 Å². The number of Topliss-reactive ketones (excluding diaryl/α,β-unsaturated/α-hetero) is 1. The maximum Gasteiger partial charge on any atom is 0.226 e. The first kappa shape index (κ1) is 18.5. The van der Waals surface area contributed by atoms with Crippen LogP contribution in [0.5, 0.6) is 11.5 Å². The molecule has 0 fully saturated rings. The van der Waals surface area contributed by atoms with Gasteiger partial charge in [0.05, 0.1) is 25.7 Å². The zero-order valence-corrected chi connectivity index (χ0v) is 16.4. The first-order chi connectivity index (χ1) is 13.7. The van der Waals surface area contributed by atoms with Gasteiger partial charge >= 0.3 is 0 Å². The summed E-state index contributed by atoms with van der Waals surface area (Å²) in [6.45, 7) is 2.83. The third-order valence-electron chi connectivity index (χ3n) is 5.38. The summed E-state index contributed by atoms with van der Waals surface area (Å²) in [5.41, 5.74) is 1.87. The molecule has 2 aromatic rings. The lowest BCUT2D eigenvalue weighted by atomic mass is 9.81. The number of carbonyl (C=O) groups excluding carboxylic acids is 1. The molecule has 1 aliphatic heterocycles. The molecule has 2 heterocycles.